The summed E-state index contributed by atoms with van der Waals surface area (Å²) in [5.74, 6) is 1.15. The molecule has 1 fully saturated rings. The number of halogens is 2. The number of H-pyrrole nitrogens is 1. The van der Waals surface area contributed by atoms with Crippen LogP contribution < -0.4 is 0 Å². The quantitative estimate of drug-likeness (QED) is 0.546. The van der Waals surface area contributed by atoms with E-state index >= 15 is 0 Å². The molecule has 0 aliphatic carbocycles. The van der Waals surface area contributed by atoms with Crippen molar-refractivity contribution in [2.24, 2.45) is 0 Å². The first-order valence-corrected chi connectivity index (χ1v) is 13.8. The van der Waals surface area contributed by atoms with Crippen LogP contribution in [0.5, 0.6) is 0 Å². The van der Waals surface area contributed by atoms with Crippen LogP contribution in [0, 0.1) is 0 Å². The highest BCUT2D eigenvalue weighted by molar-refractivity contribution is 7.91. The second-order valence-electron chi connectivity index (χ2n) is 8.89. The number of carbonyl (C=O) groups is 1. The fourth-order valence-electron chi connectivity index (χ4n) is 4.99. The van der Waals surface area contributed by atoms with Crippen LogP contribution in [0.3, 0.4) is 0 Å². The Morgan fingerprint density at radius 2 is 1.94 bits per heavy atom. The maximum absolute atomic E-state index is 12.9. The van der Waals surface area contributed by atoms with Gasteiger partial charge < -0.3 is 14.5 Å². The van der Waals surface area contributed by atoms with Gasteiger partial charge in [0.15, 0.2) is 14.9 Å². The molecule has 0 saturated carbocycles. The number of imidazole rings is 1. The summed E-state index contributed by atoms with van der Waals surface area (Å²) in [7, 11) is -3.75. The minimum atomic E-state index is -3.75. The van der Waals surface area contributed by atoms with E-state index < -0.39 is 9.84 Å². The Bertz CT molecular complexity index is 1310. The zero-order chi connectivity index (χ0) is 23.2. The van der Waals surface area contributed by atoms with E-state index in [4.69, 9.17) is 23.2 Å². The molecule has 176 valence electrons. The van der Waals surface area contributed by atoms with Crippen molar-refractivity contribution in [2.75, 3.05) is 18.8 Å². The molecule has 0 radical (unpaired) electrons. The van der Waals surface area contributed by atoms with Crippen molar-refractivity contribution in [3.8, 4) is 0 Å². The Hall–Kier alpha value is -2.03. The lowest BCUT2D eigenvalue weighted by Crippen LogP contribution is -2.39. The van der Waals surface area contributed by atoms with E-state index in [0.29, 0.717) is 34.9 Å². The van der Waals surface area contributed by atoms with Gasteiger partial charge >= 0.3 is 0 Å². The number of rotatable bonds is 5. The normalized spacial score (nSPS) is 17.5. The first-order chi connectivity index (χ1) is 15.8. The lowest BCUT2D eigenvalue weighted by molar-refractivity contribution is -0.131. The van der Waals surface area contributed by atoms with Gasteiger partial charge in [0, 0.05) is 66.2 Å². The average Bonchev–Trinajstić information content (AvgIpc) is 3.39. The van der Waals surface area contributed by atoms with E-state index in [9.17, 15) is 13.2 Å². The molecule has 10 heteroatoms. The molecule has 2 aromatic heterocycles. The Morgan fingerprint density at radius 3 is 2.73 bits per heavy atom. The molecule has 3 aromatic rings. The van der Waals surface area contributed by atoms with Crippen LogP contribution in [0.4, 0.5) is 0 Å². The summed E-state index contributed by atoms with van der Waals surface area (Å²) < 4.78 is 28.2. The average molecular weight is 509 g/mol. The van der Waals surface area contributed by atoms with Crippen LogP contribution in [-0.2, 0) is 27.6 Å². The zero-order valence-corrected chi connectivity index (χ0v) is 20.5. The van der Waals surface area contributed by atoms with Gasteiger partial charge in [-0.2, -0.15) is 0 Å². The van der Waals surface area contributed by atoms with E-state index in [2.05, 4.69) is 14.5 Å². The molecule has 0 spiro atoms. The Labute approximate surface area is 203 Å². The van der Waals surface area contributed by atoms with Crippen molar-refractivity contribution >= 4 is 49.8 Å². The van der Waals surface area contributed by atoms with Crippen molar-refractivity contribution < 1.29 is 13.2 Å². The van der Waals surface area contributed by atoms with E-state index in [1.807, 2.05) is 6.20 Å². The molecule has 1 amide bonds. The lowest BCUT2D eigenvalue weighted by atomic mass is 9.93. The molecule has 0 unspecified atom stereocenters. The van der Waals surface area contributed by atoms with Gasteiger partial charge in [-0.25, -0.2) is 13.4 Å². The number of aromatic amines is 1. The Balaban J connectivity index is 1.20. The number of fused-ring (bicyclic) bond motifs is 2. The van der Waals surface area contributed by atoms with Crippen LogP contribution in [-0.4, -0.2) is 52.6 Å². The summed E-state index contributed by atoms with van der Waals surface area (Å²) in [5, 5.41) is 1.09. The minimum Gasteiger partial charge on any atom is -0.344 e. The third kappa shape index (κ3) is 4.40. The van der Waals surface area contributed by atoms with Gasteiger partial charge in [0.25, 0.3) is 0 Å². The fourth-order valence-corrected chi connectivity index (χ4v) is 7.02. The number of hydrogen-bond donors (Lipinski definition) is 1. The van der Waals surface area contributed by atoms with Crippen molar-refractivity contribution in [1.29, 1.82) is 0 Å². The number of carbonyl (C=O) groups excluding carboxylic acids is 1. The van der Waals surface area contributed by atoms with Crippen molar-refractivity contribution in [3.05, 3.63) is 46.0 Å². The molecular formula is C23H26Cl2N4O3S. The number of aryl methyl sites for hydroxylation is 1. The number of hydrogen-bond acceptors (Lipinski definition) is 4. The van der Waals surface area contributed by atoms with Crippen molar-refractivity contribution in [3.63, 3.8) is 0 Å². The highest BCUT2D eigenvalue weighted by Gasteiger charge is 2.29. The van der Waals surface area contributed by atoms with Gasteiger partial charge in [-0.05, 0) is 43.9 Å². The number of benzene rings is 1. The van der Waals surface area contributed by atoms with Crippen LogP contribution in [0.15, 0.2) is 29.4 Å². The van der Waals surface area contributed by atoms with Gasteiger partial charge in [0.1, 0.15) is 5.82 Å². The van der Waals surface area contributed by atoms with Crippen LogP contribution >= 0.6 is 23.2 Å². The second-order valence-corrected chi connectivity index (χ2v) is 11.8. The summed E-state index contributed by atoms with van der Waals surface area (Å²) in [6.07, 6.45) is 7.11. The molecule has 1 saturated heterocycles. The number of amides is 1. The zero-order valence-electron chi connectivity index (χ0n) is 18.2. The fraction of sp³-hybridized carbons (Fsp3) is 0.478. The summed E-state index contributed by atoms with van der Waals surface area (Å²) >= 11 is 12.3. The monoisotopic (exact) mass is 508 g/mol. The number of sulfone groups is 1. The van der Waals surface area contributed by atoms with Gasteiger partial charge in [0.2, 0.25) is 5.91 Å². The molecule has 0 atom stereocenters. The number of aromatic nitrogens is 3. The minimum absolute atomic E-state index is 0.0570. The summed E-state index contributed by atoms with van der Waals surface area (Å²) in [6, 6.07) is 4.98. The first kappa shape index (κ1) is 22.7. The predicted octanol–water partition coefficient (Wildman–Crippen LogP) is 4.58. The highest BCUT2D eigenvalue weighted by atomic mass is 35.5. The lowest BCUT2D eigenvalue weighted by Gasteiger charge is -2.33. The van der Waals surface area contributed by atoms with Gasteiger partial charge in [-0.15, -0.1) is 0 Å². The predicted molar refractivity (Wildman–Crippen MR) is 129 cm³/mol. The largest absolute Gasteiger partial charge is 0.344 e. The van der Waals surface area contributed by atoms with E-state index in [0.717, 1.165) is 25.8 Å². The Kier molecular flexibility index (Phi) is 6.18. The summed E-state index contributed by atoms with van der Waals surface area (Å²) in [4.78, 5) is 22.0. The number of nitrogens with one attached hydrogen (secondary N) is 1. The molecule has 2 aliphatic heterocycles. The number of piperidine rings is 1. The van der Waals surface area contributed by atoms with E-state index in [-0.39, 0.29) is 28.1 Å². The molecule has 1 N–H and O–H groups in total. The Morgan fingerprint density at radius 1 is 1.15 bits per heavy atom. The molecule has 7 nitrogen and oxygen atoms in total. The molecule has 1 aromatic carbocycles. The molecular weight excluding hydrogens is 483 g/mol. The van der Waals surface area contributed by atoms with Crippen molar-refractivity contribution in [1.82, 2.24) is 19.4 Å². The standard InChI is InChI=1S/C23H26Cl2N4O3S/c24-16-4-5-18-17(13-16)22(25)23(27-18)33(31,32)12-8-21(30)28-10-6-15(7-11-28)19-14-26-20-3-1-2-9-29(19)20/h4-5,13-15,27H,1-3,6-12H2. The molecule has 5 rings (SSSR count). The SMILES string of the molecule is O=C(CCS(=O)(=O)c1[nH]c2ccc(Cl)cc2c1Cl)N1CCC(c2cnc3n2CCCC3)CC1. The number of nitrogens with zero attached hydrogens (tertiary/aromatic N) is 3. The van der Waals surface area contributed by atoms with Crippen LogP contribution in [0.25, 0.3) is 10.9 Å². The van der Waals surface area contributed by atoms with Crippen molar-refractivity contribution in [2.45, 2.75) is 56.0 Å². The smallest absolute Gasteiger partial charge is 0.223 e. The highest BCUT2D eigenvalue weighted by Crippen LogP contribution is 2.34. The molecule has 0 bridgehead atoms. The topological polar surface area (TPSA) is 88.1 Å². The van der Waals surface area contributed by atoms with Gasteiger partial charge in [-0.3, -0.25) is 4.79 Å². The second kappa shape index (κ2) is 8.96. The summed E-state index contributed by atoms with van der Waals surface area (Å²) in [5.41, 5.74) is 1.88. The third-order valence-corrected chi connectivity index (χ3v) is 9.24. The summed E-state index contributed by atoms with van der Waals surface area (Å²) in [6.45, 7) is 2.30. The third-order valence-electron chi connectivity index (χ3n) is 6.83. The van der Waals surface area contributed by atoms with E-state index in [1.165, 1.54) is 24.4 Å². The first-order valence-electron chi connectivity index (χ1n) is 11.3. The van der Waals surface area contributed by atoms with Gasteiger partial charge in [-0.1, -0.05) is 23.2 Å². The van der Waals surface area contributed by atoms with Gasteiger partial charge in [0.05, 0.1) is 10.8 Å². The molecule has 33 heavy (non-hydrogen) atoms. The van der Waals surface area contributed by atoms with E-state index in [1.54, 1.807) is 23.1 Å². The maximum atomic E-state index is 12.9. The van der Waals surface area contributed by atoms with Crippen LogP contribution in [0.2, 0.25) is 10.0 Å². The number of likely N-dealkylation sites (tertiary alicyclic amines) is 1. The molecule has 4 heterocycles. The van der Waals surface area contributed by atoms with Crippen LogP contribution in [0.1, 0.15) is 49.5 Å². The maximum Gasteiger partial charge on any atom is 0.223 e. The molecule has 2 aliphatic rings.